The van der Waals surface area contributed by atoms with Crippen LogP contribution in [-0.2, 0) is 0 Å². The highest BCUT2D eigenvalue weighted by Crippen LogP contribution is 2.32. The highest BCUT2D eigenvalue weighted by molar-refractivity contribution is 8.02. The lowest BCUT2D eigenvalue weighted by Gasteiger charge is -2.19. The van der Waals surface area contributed by atoms with E-state index in [1.54, 1.807) is 12.1 Å². The molecule has 0 radical (unpaired) electrons. The van der Waals surface area contributed by atoms with E-state index in [0.717, 1.165) is 22.0 Å². The summed E-state index contributed by atoms with van der Waals surface area (Å²) in [7, 11) is 0. The molecule has 136 valence electrons. The van der Waals surface area contributed by atoms with E-state index < -0.39 is 0 Å². The number of hydrogen-bond donors (Lipinski definition) is 1. The number of thioether (sulfide) groups is 1. The number of fused-ring (bicyclic) bond motifs is 1. The molecule has 1 aliphatic rings. The third-order valence-corrected chi connectivity index (χ3v) is 5.38. The number of aromatic nitrogens is 3. The molecule has 0 unspecified atom stereocenters. The quantitative estimate of drug-likeness (QED) is 0.512. The van der Waals surface area contributed by atoms with E-state index in [1.807, 2.05) is 28.3 Å². The minimum Gasteiger partial charge on any atom is -0.289 e. The Kier molecular flexibility index (Phi) is 4.18. The largest absolute Gasteiger partial charge is 0.289 e. The molecule has 4 nitrogen and oxygen atoms in total. The van der Waals surface area contributed by atoms with E-state index in [-0.39, 0.29) is 5.82 Å². The molecule has 28 heavy (non-hydrogen) atoms. The molecule has 0 atom stereocenters. The lowest BCUT2D eigenvalue weighted by molar-refractivity contribution is 0.628. The Morgan fingerprint density at radius 2 is 1.36 bits per heavy atom. The van der Waals surface area contributed by atoms with E-state index in [4.69, 9.17) is 0 Å². The third kappa shape index (κ3) is 3.08. The van der Waals surface area contributed by atoms with Crippen LogP contribution >= 0.6 is 11.8 Å². The van der Waals surface area contributed by atoms with Gasteiger partial charge in [-0.2, -0.15) is 0 Å². The molecule has 2 heterocycles. The van der Waals surface area contributed by atoms with Gasteiger partial charge in [-0.25, -0.2) is 9.07 Å². The molecule has 0 spiro atoms. The molecule has 1 aromatic heterocycles. The molecule has 4 aromatic rings. The molecule has 0 amide bonds. The Balaban J connectivity index is 1.43. The molecule has 0 aliphatic carbocycles. The van der Waals surface area contributed by atoms with E-state index in [0.29, 0.717) is 5.82 Å². The molecule has 0 fully saturated rings. The summed E-state index contributed by atoms with van der Waals surface area (Å²) in [5, 5.41) is 11.2. The van der Waals surface area contributed by atoms with Gasteiger partial charge in [-0.15, -0.1) is 10.2 Å². The number of nitrogens with zero attached hydrogens (tertiary/aromatic N) is 3. The van der Waals surface area contributed by atoms with Crippen molar-refractivity contribution in [2.24, 2.45) is 0 Å². The first-order valence-electron chi connectivity index (χ1n) is 8.79. The van der Waals surface area contributed by atoms with Crippen molar-refractivity contribution in [3.8, 4) is 22.5 Å². The minimum absolute atomic E-state index is 0.274. The van der Waals surface area contributed by atoms with Gasteiger partial charge >= 0.3 is 0 Å². The molecule has 1 N–H and O–H groups in total. The average Bonchev–Trinajstić information content (AvgIpc) is 3.18. The molecule has 0 saturated heterocycles. The zero-order valence-corrected chi connectivity index (χ0v) is 15.5. The summed E-state index contributed by atoms with van der Waals surface area (Å²) in [5.41, 5.74) is 8.56. The van der Waals surface area contributed by atoms with Crippen molar-refractivity contribution in [2.75, 3.05) is 5.43 Å². The van der Waals surface area contributed by atoms with Crippen molar-refractivity contribution in [1.82, 2.24) is 14.9 Å². The Morgan fingerprint density at radius 3 is 2.11 bits per heavy atom. The number of nitrogens with one attached hydrogen (secondary N) is 1. The van der Waals surface area contributed by atoms with Gasteiger partial charge in [0.05, 0.1) is 5.70 Å². The molecule has 5 rings (SSSR count). The Hall–Kier alpha value is -3.38. The molecule has 3 aromatic carbocycles. The molecule has 1 aliphatic heterocycles. The summed E-state index contributed by atoms with van der Waals surface area (Å²) in [6.07, 6.45) is 0. The summed E-state index contributed by atoms with van der Waals surface area (Å²) in [6, 6.07) is 24.9. The van der Waals surface area contributed by atoms with Crippen LogP contribution in [0.4, 0.5) is 4.39 Å². The van der Waals surface area contributed by atoms with Gasteiger partial charge in [0.1, 0.15) is 5.82 Å². The maximum absolute atomic E-state index is 13.2. The van der Waals surface area contributed by atoms with Gasteiger partial charge in [0.2, 0.25) is 5.16 Å². The molecule has 0 bridgehead atoms. The van der Waals surface area contributed by atoms with Crippen molar-refractivity contribution >= 4 is 17.5 Å². The molecular weight excluding hydrogens is 371 g/mol. The SMILES string of the molecule is Fc1ccc(-c2nnc3n2NC(c2ccc(-c4ccccc4)cc2)=CS3)cc1. The summed E-state index contributed by atoms with van der Waals surface area (Å²) < 4.78 is 15.1. The van der Waals surface area contributed by atoms with Crippen LogP contribution in [0.2, 0.25) is 0 Å². The Labute approximate surface area is 165 Å². The van der Waals surface area contributed by atoms with Gasteiger partial charge < -0.3 is 0 Å². The Bertz CT molecular complexity index is 1150. The first-order valence-corrected chi connectivity index (χ1v) is 9.67. The average molecular weight is 386 g/mol. The standard InChI is InChI=1S/C22H15FN4S/c23-19-12-10-18(11-13-19)21-24-25-22-27(21)26-20(14-28-22)17-8-6-16(7-9-17)15-4-2-1-3-5-15/h1-14,26H. The summed E-state index contributed by atoms with van der Waals surface area (Å²) in [5.74, 6) is 0.373. The first kappa shape index (κ1) is 16.8. The van der Waals surface area contributed by atoms with Crippen molar-refractivity contribution in [3.63, 3.8) is 0 Å². The monoisotopic (exact) mass is 386 g/mol. The van der Waals surface area contributed by atoms with Crippen LogP contribution in [0.25, 0.3) is 28.2 Å². The van der Waals surface area contributed by atoms with Gasteiger partial charge in [0.25, 0.3) is 0 Å². The lowest BCUT2D eigenvalue weighted by Crippen LogP contribution is -2.18. The highest BCUT2D eigenvalue weighted by atomic mass is 32.2. The fraction of sp³-hybridized carbons (Fsp3) is 0. The molecular formula is C22H15FN4S. The summed E-state index contributed by atoms with van der Waals surface area (Å²) in [4.78, 5) is 0. The summed E-state index contributed by atoms with van der Waals surface area (Å²) in [6.45, 7) is 0. The van der Waals surface area contributed by atoms with Gasteiger partial charge in [-0.3, -0.25) is 5.43 Å². The van der Waals surface area contributed by atoms with Crippen molar-refractivity contribution in [3.05, 3.63) is 95.7 Å². The van der Waals surface area contributed by atoms with Crippen LogP contribution in [0.5, 0.6) is 0 Å². The lowest BCUT2D eigenvalue weighted by atomic mass is 10.0. The van der Waals surface area contributed by atoms with Gasteiger partial charge in [0, 0.05) is 11.0 Å². The van der Waals surface area contributed by atoms with E-state index in [9.17, 15) is 4.39 Å². The van der Waals surface area contributed by atoms with E-state index >= 15 is 0 Å². The molecule has 0 saturated carbocycles. The van der Waals surface area contributed by atoms with Crippen molar-refractivity contribution < 1.29 is 4.39 Å². The summed E-state index contributed by atoms with van der Waals surface area (Å²) >= 11 is 1.50. The first-order chi connectivity index (χ1) is 13.8. The minimum atomic E-state index is -0.274. The van der Waals surface area contributed by atoms with Crippen LogP contribution < -0.4 is 5.43 Å². The fourth-order valence-electron chi connectivity index (χ4n) is 3.10. The zero-order chi connectivity index (χ0) is 18.9. The zero-order valence-electron chi connectivity index (χ0n) is 14.7. The van der Waals surface area contributed by atoms with Crippen LogP contribution in [0, 0.1) is 5.82 Å². The van der Waals surface area contributed by atoms with Crippen molar-refractivity contribution in [1.29, 1.82) is 0 Å². The maximum Gasteiger partial charge on any atom is 0.214 e. The van der Waals surface area contributed by atoms with Crippen LogP contribution in [0.15, 0.2) is 89.4 Å². The predicted molar refractivity (Wildman–Crippen MR) is 110 cm³/mol. The smallest absolute Gasteiger partial charge is 0.214 e. The normalized spacial score (nSPS) is 12.8. The van der Waals surface area contributed by atoms with Crippen LogP contribution in [0.1, 0.15) is 5.56 Å². The second-order valence-electron chi connectivity index (χ2n) is 6.35. The Morgan fingerprint density at radius 1 is 0.714 bits per heavy atom. The molecule has 6 heteroatoms. The van der Waals surface area contributed by atoms with Gasteiger partial charge in [-0.05, 0) is 41.0 Å². The second kappa shape index (κ2) is 6.98. The topological polar surface area (TPSA) is 42.7 Å². The van der Waals surface area contributed by atoms with Crippen molar-refractivity contribution in [2.45, 2.75) is 5.16 Å². The van der Waals surface area contributed by atoms with Gasteiger partial charge in [0.15, 0.2) is 5.82 Å². The maximum atomic E-state index is 13.2. The van der Waals surface area contributed by atoms with Crippen LogP contribution in [-0.4, -0.2) is 14.9 Å². The fourth-order valence-corrected chi connectivity index (χ4v) is 3.83. The van der Waals surface area contributed by atoms with E-state index in [2.05, 4.69) is 52.0 Å². The van der Waals surface area contributed by atoms with Crippen LogP contribution in [0.3, 0.4) is 0 Å². The number of benzene rings is 3. The number of halogens is 1. The van der Waals surface area contributed by atoms with Gasteiger partial charge in [-0.1, -0.05) is 66.4 Å². The third-order valence-electron chi connectivity index (χ3n) is 4.55. The predicted octanol–water partition coefficient (Wildman–Crippen LogP) is 5.40. The number of hydrogen-bond acceptors (Lipinski definition) is 4. The van der Waals surface area contributed by atoms with E-state index in [1.165, 1.54) is 35.0 Å². The number of rotatable bonds is 3. The second-order valence-corrected chi connectivity index (χ2v) is 7.19. The highest BCUT2D eigenvalue weighted by Gasteiger charge is 2.19.